The highest BCUT2D eigenvalue weighted by Crippen LogP contribution is 2.39. The van der Waals surface area contributed by atoms with Crippen LogP contribution in [0.3, 0.4) is 0 Å². The summed E-state index contributed by atoms with van der Waals surface area (Å²) in [7, 11) is 2.22. The van der Waals surface area contributed by atoms with Crippen LogP contribution in [0.5, 0.6) is 0 Å². The molecule has 1 aliphatic carbocycles. The molecule has 4 heterocycles. The van der Waals surface area contributed by atoms with Gasteiger partial charge in [0.1, 0.15) is 17.8 Å². The van der Waals surface area contributed by atoms with Gasteiger partial charge in [-0.25, -0.2) is 19.9 Å². The molecule has 1 saturated heterocycles. The third-order valence-electron chi connectivity index (χ3n) is 9.00. The van der Waals surface area contributed by atoms with Crippen molar-refractivity contribution >= 4 is 51.0 Å². The fraction of sp³-hybridized carbons (Fsp3) is 0.375. The van der Waals surface area contributed by atoms with E-state index in [4.69, 9.17) is 22.3 Å². The average Bonchev–Trinajstić information content (AvgIpc) is 3.39. The summed E-state index contributed by atoms with van der Waals surface area (Å²) in [6, 6.07) is 13.3. The van der Waals surface area contributed by atoms with Crippen LogP contribution in [-0.4, -0.2) is 73.6 Å². The molecule has 5 aromatic rings. The number of likely N-dealkylation sites (N-methyl/N-ethyl adjacent to an activating group) is 1. The fourth-order valence-electron chi connectivity index (χ4n) is 6.64. The lowest BCUT2D eigenvalue weighted by Gasteiger charge is -2.41. The zero-order valence-electron chi connectivity index (χ0n) is 24.1. The number of halogens is 1. The molecule has 3 N–H and O–H groups in total. The van der Waals surface area contributed by atoms with Crippen molar-refractivity contribution in [3.8, 4) is 11.1 Å². The van der Waals surface area contributed by atoms with Gasteiger partial charge in [0.2, 0.25) is 5.95 Å². The number of benzene rings is 2. The van der Waals surface area contributed by atoms with Crippen molar-refractivity contribution in [2.75, 3.05) is 44.3 Å². The Labute approximate surface area is 250 Å². The number of aromatic nitrogens is 5. The molecular formula is C32H36ClN9. The summed E-state index contributed by atoms with van der Waals surface area (Å²) in [6.07, 6.45) is 10.3. The van der Waals surface area contributed by atoms with Gasteiger partial charge in [0.15, 0.2) is 0 Å². The Balaban J connectivity index is 1.12. The standard InChI is InChI=1S/C32H36ClN9/c1-20-15-27(33)25-17-35-32(39-28(25)16-20)38-22-5-3-21(4-6-22)26-18-42(31-29(26)30(34)36-19-37-31)24-9-7-23(8-10-24)41-13-11-40(2)12-14-41/h3-6,15-19,23-24H,7-14H2,1-2H3,(H2,34,36,37)(H,35,38,39)/t23-,24-. The smallest absolute Gasteiger partial charge is 0.227 e. The van der Waals surface area contributed by atoms with E-state index >= 15 is 0 Å². The first-order chi connectivity index (χ1) is 20.4. The molecule has 0 radical (unpaired) electrons. The first-order valence-corrected chi connectivity index (χ1v) is 15.1. The molecule has 2 fully saturated rings. The van der Waals surface area contributed by atoms with Crippen molar-refractivity contribution in [1.82, 2.24) is 34.3 Å². The lowest BCUT2D eigenvalue weighted by atomic mass is 9.89. The minimum Gasteiger partial charge on any atom is -0.383 e. The van der Waals surface area contributed by atoms with Gasteiger partial charge in [-0.05, 0) is 75.0 Å². The molecule has 0 spiro atoms. The molecule has 0 unspecified atom stereocenters. The second-order valence-corrected chi connectivity index (χ2v) is 12.2. The van der Waals surface area contributed by atoms with Crippen LogP contribution in [0.1, 0.15) is 37.3 Å². The first kappa shape index (κ1) is 27.1. The zero-order chi connectivity index (χ0) is 28.8. The molecule has 0 bridgehead atoms. The number of nitrogen functional groups attached to an aromatic ring is 1. The molecule has 42 heavy (non-hydrogen) atoms. The van der Waals surface area contributed by atoms with Crippen molar-refractivity contribution in [2.24, 2.45) is 0 Å². The summed E-state index contributed by atoms with van der Waals surface area (Å²) in [5.41, 5.74) is 12.3. The molecule has 2 aromatic carbocycles. The first-order valence-electron chi connectivity index (χ1n) is 14.8. The highest BCUT2D eigenvalue weighted by atomic mass is 35.5. The Morgan fingerprint density at radius 1 is 0.929 bits per heavy atom. The summed E-state index contributed by atoms with van der Waals surface area (Å²) in [6.45, 7) is 6.70. The molecule has 3 aromatic heterocycles. The van der Waals surface area contributed by atoms with Gasteiger partial charge in [-0.15, -0.1) is 0 Å². The van der Waals surface area contributed by atoms with Crippen molar-refractivity contribution in [3.05, 3.63) is 65.7 Å². The van der Waals surface area contributed by atoms with E-state index in [1.165, 1.54) is 39.0 Å². The van der Waals surface area contributed by atoms with E-state index < -0.39 is 0 Å². The van der Waals surface area contributed by atoms with Gasteiger partial charge in [-0.1, -0.05) is 23.7 Å². The maximum absolute atomic E-state index is 6.45. The van der Waals surface area contributed by atoms with Crippen LogP contribution in [0.4, 0.5) is 17.5 Å². The summed E-state index contributed by atoms with van der Waals surface area (Å²) in [5, 5.41) is 5.75. The number of fused-ring (bicyclic) bond motifs is 2. The second-order valence-electron chi connectivity index (χ2n) is 11.8. The van der Waals surface area contributed by atoms with E-state index in [0.29, 0.717) is 28.9 Å². The van der Waals surface area contributed by atoms with Gasteiger partial charge in [0, 0.05) is 67.3 Å². The van der Waals surface area contributed by atoms with E-state index in [9.17, 15) is 0 Å². The van der Waals surface area contributed by atoms with Crippen molar-refractivity contribution in [1.29, 1.82) is 0 Å². The molecule has 2 aliphatic rings. The van der Waals surface area contributed by atoms with Crippen LogP contribution in [-0.2, 0) is 0 Å². The summed E-state index contributed by atoms with van der Waals surface area (Å²) in [5.74, 6) is 1.04. The monoisotopic (exact) mass is 581 g/mol. The average molecular weight is 582 g/mol. The predicted molar refractivity (Wildman–Crippen MR) is 170 cm³/mol. The van der Waals surface area contributed by atoms with E-state index in [2.05, 4.69) is 60.0 Å². The Kier molecular flexibility index (Phi) is 7.17. The molecule has 10 heteroatoms. The third-order valence-corrected chi connectivity index (χ3v) is 9.31. The number of aryl methyl sites for hydroxylation is 1. The summed E-state index contributed by atoms with van der Waals surface area (Å²) >= 11 is 6.37. The van der Waals surface area contributed by atoms with Crippen LogP contribution in [0.25, 0.3) is 33.1 Å². The van der Waals surface area contributed by atoms with Gasteiger partial charge in [0.25, 0.3) is 0 Å². The minimum absolute atomic E-state index is 0.405. The Morgan fingerprint density at radius 2 is 1.67 bits per heavy atom. The van der Waals surface area contributed by atoms with Crippen molar-refractivity contribution < 1.29 is 0 Å². The number of hydrogen-bond donors (Lipinski definition) is 2. The molecule has 1 saturated carbocycles. The fourth-order valence-corrected chi connectivity index (χ4v) is 6.96. The third kappa shape index (κ3) is 5.17. The van der Waals surface area contributed by atoms with Gasteiger partial charge >= 0.3 is 0 Å². The number of nitrogens with one attached hydrogen (secondary N) is 1. The van der Waals surface area contributed by atoms with E-state index in [1.807, 2.05) is 31.2 Å². The van der Waals surface area contributed by atoms with Crippen LogP contribution in [0.2, 0.25) is 5.02 Å². The quantitative estimate of drug-likeness (QED) is 0.258. The molecular weight excluding hydrogens is 546 g/mol. The highest BCUT2D eigenvalue weighted by Gasteiger charge is 2.30. The Morgan fingerprint density at radius 3 is 2.43 bits per heavy atom. The van der Waals surface area contributed by atoms with E-state index in [1.54, 1.807) is 12.5 Å². The predicted octanol–water partition coefficient (Wildman–Crippen LogP) is 6.06. The van der Waals surface area contributed by atoms with Gasteiger partial charge in [0.05, 0.1) is 15.9 Å². The number of hydrogen-bond acceptors (Lipinski definition) is 8. The Bertz CT molecular complexity index is 1730. The molecule has 1 aliphatic heterocycles. The number of rotatable bonds is 5. The normalized spacial score (nSPS) is 20.4. The largest absolute Gasteiger partial charge is 0.383 e. The van der Waals surface area contributed by atoms with Crippen molar-refractivity contribution in [2.45, 2.75) is 44.7 Å². The molecule has 9 nitrogen and oxygen atoms in total. The number of nitrogens with zero attached hydrogens (tertiary/aromatic N) is 7. The van der Waals surface area contributed by atoms with Crippen molar-refractivity contribution in [3.63, 3.8) is 0 Å². The van der Waals surface area contributed by atoms with E-state index in [0.717, 1.165) is 57.2 Å². The van der Waals surface area contributed by atoms with E-state index in [-0.39, 0.29) is 0 Å². The maximum Gasteiger partial charge on any atom is 0.227 e. The van der Waals surface area contributed by atoms with Gasteiger partial charge in [-0.2, -0.15) is 0 Å². The van der Waals surface area contributed by atoms with Crippen LogP contribution in [0, 0.1) is 6.92 Å². The molecule has 0 atom stereocenters. The number of piperazine rings is 1. The maximum atomic E-state index is 6.45. The summed E-state index contributed by atoms with van der Waals surface area (Å²) in [4.78, 5) is 23.3. The van der Waals surface area contributed by atoms with Gasteiger partial charge in [-0.3, -0.25) is 4.90 Å². The Hall–Kier alpha value is -3.79. The second kappa shape index (κ2) is 11.1. The minimum atomic E-state index is 0.405. The lowest BCUT2D eigenvalue weighted by molar-refractivity contribution is 0.0828. The molecule has 7 rings (SSSR count). The molecule has 0 amide bonds. The zero-order valence-corrected chi connectivity index (χ0v) is 24.8. The van der Waals surface area contributed by atoms with Crippen LogP contribution >= 0.6 is 11.6 Å². The lowest BCUT2D eigenvalue weighted by Crippen LogP contribution is -2.49. The van der Waals surface area contributed by atoms with Crippen LogP contribution < -0.4 is 11.1 Å². The van der Waals surface area contributed by atoms with Crippen LogP contribution in [0.15, 0.2) is 55.1 Å². The molecule has 216 valence electrons. The highest BCUT2D eigenvalue weighted by molar-refractivity contribution is 6.35. The van der Waals surface area contributed by atoms with Gasteiger partial charge < -0.3 is 20.5 Å². The SMILES string of the molecule is Cc1cc(Cl)c2cnc(Nc3ccc(-c4cn([C@H]5CC[C@H](N6CCN(C)CC6)CC5)c5ncnc(N)c45)cc3)nc2c1. The number of anilines is 3. The number of nitrogens with two attached hydrogens (primary N) is 1. The topological polar surface area (TPSA) is 101 Å². The summed E-state index contributed by atoms with van der Waals surface area (Å²) < 4.78 is 2.35.